The second kappa shape index (κ2) is 5.45. The first-order chi connectivity index (χ1) is 9.02. The van der Waals surface area contributed by atoms with E-state index in [-0.39, 0.29) is 17.8 Å². The molecule has 104 valence electrons. The van der Waals surface area contributed by atoms with E-state index in [9.17, 15) is 18.9 Å². The molecule has 1 saturated heterocycles. The predicted molar refractivity (Wildman–Crippen MR) is 64.1 cm³/mol. The molecule has 2 rings (SSSR count). The zero-order valence-electron chi connectivity index (χ0n) is 10.2. The SMILES string of the molecule is CO[C@H]1CNCC1Nc1cc(F)cc(F)c1[N+](=O)[O-]. The Hall–Kier alpha value is -1.80. The summed E-state index contributed by atoms with van der Waals surface area (Å²) < 4.78 is 31.8. The van der Waals surface area contributed by atoms with Crippen molar-refractivity contribution in [2.24, 2.45) is 0 Å². The highest BCUT2D eigenvalue weighted by Crippen LogP contribution is 2.30. The van der Waals surface area contributed by atoms with Crippen molar-refractivity contribution in [1.82, 2.24) is 5.32 Å². The van der Waals surface area contributed by atoms with E-state index in [1.807, 2.05) is 0 Å². The molecule has 1 aromatic rings. The molecule has 1 aromatic carbocycles. The molecule has 0 saturated carbocycles. The molecule has 1 aliphatic heterocycles. The Labute approximate surface area is 107 Å². The molecular formula is C11H13F2N3O3. The lowest BCUT2D eigenvalue weighted by atomic mass is 10.1. The van der Waals surface area contributed by atoms with Crippen LogP contribution in [0.4, 0.5) is 20.2 Å². The van der Waals surface area contributed by atoms with E-state index in [1.165, 1.54) is 7.11 Å². The molecule has 0 aromatic heterocycles. The van der Waals surface area contributed by atoms with Crippen LogP contribution in [0.15, 0.2) is 12.1 Å². The number of benzene rings is 1. The third-order valence-electron chi connectivity index (χ3n) is 3.01. The summed E-state index contributed by atoms with van der Waals surface area (Å²) >= 11 is 0. The van der Waals surface area contributed by atoms with Gasteiger partial charge in [0.25, 0.3) is 0 Å². The largest absolute Gasteiger partial charge is 0.378 e. The lowest BCUT2D eigenvalue weighted by Crippen LogP contribution is -2.33. The molecule has 8 heteroatoms. The van der Waals surface area contributed by atoms with Crippen LogP contribution in [0.5, 0.6) is 0 Å². The number of hydrogen-bond donors (Lipinski definition) is 2. The van der Waals surface area contributed by atoms with Gasteiger partial charge < -0.3 is 15.4 Å². The van der Waals surface area contributed by atoms with Crippen molar-refractivity contribution in [1.29, 1.82) is 0 Å². The number of methoxy groups -OCH3 is 1. The van der Waals surface area contributed by atoms with Crippen LogP contribution < -0.4 is 10.6 Å². The van der Waals surface area contributed by atoms with Crippen LogP contribution in [0.1, 0.15) is 0 Å². The summed E-state index contributed by atoms with van der Waals surface area (Å²) in [6, 6.07) is 1.11. The van der Waals surface area contributed by atoms with Gasteiger partial charge in [-0.05, 0) is 0 Å². The Morgan fingerprint density at radius 1 is 1.47 bits per heavy atom. The summed E-state index contributed by atoms with van der Waals surface area (Å²) in [5.74, 6) is -2.07. The predicted octanol–water partition coefficient (Wildman–Crippen LogP) is 1.27. The van der Waals surface area contributed by atoms with E-state index >= 15 is 0 Å². The summed E-state index contributed by atoms with van der Waals surface area (Å²) in [5, 5.41) is 16.6. The summed E-state index contributed by atoms with van der Waals surface area (Å²) in [7, 11) is 1.51. The molecule has 1 fully saturated rings. The van der Waals surface area contributed by atoms with Crippen molar-refractivity contribution < 1.29 is 18.4 Å². The fourth-order valence-corrected chi connectivity index (χ4v) is 2.11. The fourth-order valence-electron chi connectivity index (χ4n) is 2.11. The van der Waals surface area contributed by atoms with Gasteiger partial charge in [0.2, 0.25) is 5.82 Å². The summed E-state index contributed by atoms with van der Waals surface area (Å²) in [4.78, 5) is 9.96. The molecule has 0 spiro atoms. The van der Waals surface area contributed by atoms with Crippen molar-refractivity contribution >= 4 is 11.4 Å². The number of hydrogen-bond acceptors (Lipinski definition) is 5. The molecule has 0 radical (unpaired) electrons. The molecule has 1 unspecified atom stereocenters. The lowest BCUT2D eigenvalue weighted by molar-refractivity contribution is -0.386. The maximum Gasteiger partial charge on any atom is 0.327 e. The number of nitro groups is 1. The maximum atomic E-state index is 13.4. The molecule has 6 nitrogen and oxygen atoms in total. The van der Waals surface area contributed by atoms with E-state index in [0.29, 0.717) is 19.2 Å². The van der Waals surface area contributed by atoms with Crippen molar-refractivity contribution in [2.45, 2.75) is 12.1 Å². The summed E-state index contributed by atoms with van der Waals surface area (Å²) in [6.07, 6.45) is -0.217. The van der Waals surface area contributed by atoms with Crippen LogP contribution in [0.3, 0.4) is 0 Å². The molecule has 0 bridgehead atoms. The normalized spacial score (nSPS) is 22.5. The van der Waals surface area contributed by atoms with Crippen molar-refractivity contribution in [3.05, 3.63) is 33.9 Å². The topological polar surface area (TPSA) is 76.4 Å². The molecule has 1 heterocycles. The quantitative estimate of drug-likeness (QED) is 0.638. The van der Waals surface area contributed by atoms with Crippen LogP contribution in [-0.4, -0.2) is 37.3 Å². The Morgan fingerprint density at radius 2 is 2.21 bits per heavy atom. The first kappa shape index (κ1) is 13.6. The van der Waals surface area contributed by atoms with Gasteiger partial charge in [0.15, 0.2) is 0 Å². The van der Waals surface area contributed by atoms with Crippen molar-refractivity contribution in [3.8, 4) is 0 Å². The molecule has 19 heavy (non-hydrogen) atoms. The Bertz CT molecular complexity index is 498. The number of nitro benzene ring substituents is 1. The van der Waals surface area contributed by atoms with E-state index in [2.05, 4.69) is 10.6 Å². The number of nitrogens with zero attached hydrogens (tertiary/aromatic N) is 1. The highest BCUT2D eigenvalue weighted by molar-refractivity contribution is 5.63. The van der Waals surface area contributed by atoms with Crippen LogP contribution in [0, 0.1) is 21.7 Å². The highest BCUT2D eigenvalue weighted by Gasteiger charge is 2.30. The number of nitrogens with one attached hydrogen (secondary N) is 2. The molecule has 2 N–H and O–H groups in total. The minimum absolute atomic E-state index is 0.182. The molecule has 0 amide bonds. The van der Waals surface area contributed by atoms with E-state index < -0.39 is 22.2 Å². The molecule has 0 aliphatic carbocycles. The van der Waals surface area contributed by atoms with Gasteiger partial charge >= 0.3 is 5.69 Å². The van der Waals surface area contributed by atoms with Crippen LogP contribution in [0.25, 0.3) is 0 Å². The lowest BCUT2D eigenvalue weighted by Gasteiger charge is -2.19. The molecule has 1 aliphatic rings. The monoisotopic (exact) mass is 273 g/mol. The van der Waals surface area contributed by atoms with Gasteiger partial charge in [-0.2, -0.15) is 4.39 Å². The second-order valence-electron chi connectivity index (χ2n) is 4.22. The Kier molecular flexibility index (Phi) is 3.91. The second-order valence-corrected chi connectivity index (χ2v) is 4.22. The zero-order valence-corrected chi connectivity index (χ0v) is 10.2. The average Bonchev–Trinajstić information content (AvgIpc) is 2.74. The van der Waals surface area contributed by atoms with Gasteiger partial charge in [-0.25, -0.2) is 4.39 Å². The highest BCUT2D eigenvalue weighted by atomic mass is 19.1. The maximum absolute atomic E-state index is 13.4. The Morgan fingerprint density at radius 3 is 2.84 bits per heavy atom. The first-order valence-electron chi connectivity index (χ1n) is 5.66. The minimum atomic E-state index is -1.20. The van der Waals surface area contributed by atoms with Gasteiger partial charge in [-0.1, -0.05) is 0 Å². The first-order valence-corrected chi connectivity index (χ1v) is 5.66. The smallest absolute Gasteiger partial charge is 0.327 e. The fraction of sp³-hybridized carbons (Fsp3) is 0.455. The van der Waals surface area contributed by atoms with Gasteiger partial charge in [0.1, 0.15) is 11.5 Å². The standard InChI is InChI=1S/C11H13F2N3O3/c1-19-10-5-14-4-9(10)15-8-3-6(12)2-7(13)11(8)16(17)18/h2-3,9-10,14-15H,4-5H2,1H3/t9?,10-/m0/s1. The minimum Gasteiger partial charge on any atom is -0.378 e. The van der Waals surface area contributed by atoms with E-state index in [4.69, 9.17) is 4.74 Å². The zero-order chi connectivity index (χ0) is 14.0. The van der Waals surface area contributed by atoms with Gasteiger partial charge in [0.05, 0.1) is 17.1 Å². The molecule has 2 atom stereocenters. The van der Waals surface area contributed by atoms with Gasteiger partial charge in [-0.15, -0.1) is 0 Å². The third kappa shape index (κ3) is 2.79. The van der Waals surface area contributed by atoms with Crippen molar-refractivity contribution in [2.75, 3.05) is 25.5 Å². The average molecular weight is 273 g/mol. The van der Waals surface area contributed by atoms with Crippen molar-refractivity contribution in [3.63, 3.8) is 0 Å². The molecular weight excluding hydrogens is 260 g/mol. The van der Waals surface area contributed by atoms with Gasteiger partial charge in [-0.3, -0.25) is 10.1 Å². The van der Waals surface area contributed by atoms with Crippen LogP contribution >= 0.6 is 0 Å². The van der Waals surface area contributed by atoms with E-state index in [0.717, 1.165) is 6.07 Å². The van der Waals surface area contributed by atoms with Crippen LogP contribution in [0.2, 0.25) is 0 Å². The number of rotatable bonds is 4. The number of halogens is 2. The van der Waals surface area contributed by atoms with Crippen LogP contribution in [-0.2, 0) is 4.74 Å². The van der Waals surface area contributed by atoms with E-state index in [1.54, 1.807) is 0 Å². The third-order valence-corrected chi connectivity index (χ3v) is 3.01. The summed E-state index contributed by atoms with van der Waals surface area (Å²) in [5.41, 5.74) is -0.943. The number of ether oxygens (including phenoxy) is 1. The summed E-state index contributed by atoms with van der Waals surface area (Å²) in [6.45, 7) is 1.06. The Balaban J connectivity index is 2.31. The van der Waals surface area contributed by atoms with Gasteiger partial charge in [0, 0.05) is 32.3 Å². The number of anilines is 1.